The number of nitrogens with zero attached hydrogens (tertiary/aromatic N) is 1. The van der Waals surface area contributed by atoms with Crippen LogP contribution < -0.4 is 5.32 Å². The summed E-state index contributed by atoms with van der Waals surface area (Å²) in [6, 6.07) is 3.03. The molecular formula is C16H28N2O. The molecule has 0 atom stereocenters. The molecule has 3 nitrogen and oxygen atoms in total. The summed E-state index contributed by atoms with van der Waals surface area (Å²) in [7, 11) is 0. The van der Waals surface area contributed by atoms with E-state index in [-0.39, 0.29) is 0 Å². The molecule has 3 heteroatoms. The predicted molar refractivity (Wildman–Crippen MR) is 79.2 cm³/mol. The maximum absolute atomic E-state index is 6.00. The molecule has 0 unspecified atom stereocenters. The normalized spacial score (nSPS) is 15.4. The van der Waals surface area contributed by atoms with E-state index in [0.717, 1.165) is 37.2 Å². The van der Waals surface area contributed by atoms with Crippen LogP contribution in [0.2, 0.25) is 0 Å². The Hall–Kier alpha value is -0.800. The number of aryl methyl sites for hydroxylation is 1. The molecule has 0 aromatic carbocycles. The van der Waals surface area contributed by atoms with E-state index in [1.807, 2.05) is 0 Å². The van der Waals surface area contributed by atoms with Crippen molar-refractivity contribution in [2.45, 2.75) is 65.6 Å². The maximum atomic E-state index is 6.00. The maximum Gasteiger partial charge on any atom is 0.120 e. The minimum atomic E-state index is 0.814. The van der Waals surface area contributed by atoms with E-state index in [1.165, 1.54) is 37.8 Å². The van der Waals surface area contributed by atoms with Crippen LogP contribution in [0.5, 0.6) is 0 Å². The summed E-state index contributed by atoms with van der Waals surface area (Å²) >= 11 is 0. The molecule has 0 bridgehead atoms. The van der Waals surface area contributed by atoms with Gasteiger partial charge < -0.3 is 9.73 Å². The van der Waals surface area contributed by atoms with Gasteiger partial charge in [-0.05, 0) is 50.9 Å². The van der Waals surface area contributed by atoms with Crippen molar-refractivity contribution in [2.24, 2.45) is 0 Å². The third kappa shape index (κ3) is 4.36. The molecule has 0 spiro atoms. The molecule has 1 heterocycles. The number of hydrogen-bond donors (Lipinski definition) is 1. The van der Waals surface area contributed by atoms with Crippen molar-refractivity contribution in [3.05, 3.63) is 23.2 Å². The second-order valence-electron chi connectivity index (χ2n) is 5.65. The highest BCUT2D eigenvalue weighted by molar-refractivity contribution is 5.20. The first-order valence-corrected chi connectivity index (χ1v) is 7.77. The van der Waals surface area contributed by atoms with Crippen LogP contribution in [0, 0.1) is 6.92 Å². The minimum Gasteiger partial charge on any atom is -0.463 e. The Kier molecular flexibility index (Phi) is 5.46. The Morgan fingerprint density at radius 2 is 2.16 bits per heavy atom. The molecule has 0 radical (unpaired) electrons. The third-order valence-electron chi connectivity index (χ3n) is 3.83. The molecule has 1 saturated carbocycles. The van der Waals surface area contributed by atoms with Crippen molar-refractivity contribution in [3.8, 4) is 0 Å². The first-order chi connectivity index (χ1) is 9.24. The highest BCUT2D eigenvalue weighted by atomic mass is 16.3. The van der Waals surface area contributed by atoms with Gasteiger partial charge >= 0.3 is 0 Å². The van der Waals surface area contributed by atoms with Crippen LogP contribution in [-0.4, -0.2) is 24.0 Å². The number of rotatable bonds is 9. The van der Waals surface area contributed by atoms with Gasteiger partial charge in [-0.15, -0.1) is 0 Å². The molecular weight excluding hydrogens is 236 g/mol. The molecule has 1 aliphatic carbocycles. The second-order valence-corrected chi connectivity index (χ2v) is 5.65. The van der Waals surface area contributed by atoms with E-state index in [1.54, 1.807) is 0 Å². The average Bonchev–Trinajstić information content (AvgIpc) is 3.18. The lowest BCUT2D eigenvalue weighted by atomic mass is 10.2. The SMILES string of the molecule is CCCCN(Cc1cc(C)c(CNCC)o1)C1CC1. The first kappa shape index (κ1) is 14.6. The van der Waals surface area contributed by atoms with Crippen molar-refractivity contribution in [2.75, 3.05) is 13.1 Å². The largest absolute Gasteiger partial charge is 0.463 e. The number of hydrogen-bond acceptors (Lipinski definition) is 3. The van der Waals surface area contributed by atoms with E-state index in [2.05, 4.69) is 37.1 Å². The fourth-order valence-corrected chi connectivity index (χ4v) is 2.47. The van der Waals surface area contributed by atoms with Crippen molar-refractivity contribution < 1.29 is 4.42 Å². The summed E-state index contributed by atoms with van der Waals surface area (Å²) in [5, 5.41) is 3.33. The first-order valence-electron chi connectivity index (χ1n) is 7.77. The third-order valence-corrected chi connectivity index (χ3v) is 3.83. The Morgan fingerprint density at radius 1 is 1.37 bits per heavy atom. The second kappa shape index (κ2) is 7.11. The van der Waals surface area contributed by atoms with E-state index in [4.69, 9.17) is 4.42 Å². The molecule has 1 fully saturated rings. The number of nitrogens with one attached hydrogen (secondary N) is 1. The summed E-state index contributed by atoms with van der Waals surface area (Å²) in [5.74, 6) is 2.23. The molecule has 1 N–H and O–H groups in total. The zero-order valence-corrected chi connectivity index (χ0v) is 12.7. The van der Waals surface area contributed by atoms with Gasteiger partial charge in [-0.1, -0.05) is 20.3 Å². The van der Waals surface area contributed by atoms with E-state index >= 15 is 0 Å². The quantitative estimate of drug-likeness (QED) is 0.740. The van der Waals surface area contributed by atoms with E-state index < -0.39 is 0 Å². The molecule has 0 saturated heterocycles. The molecule has 0 amide bonds. The van der Waals surface area contributed by atoms with Crippen molar-refractivity contribution >= 4 is 0 Å². The monoisotopic (exact) mass is 264 g/mol. The van der Waals surface area contributed by atoms with Crippen LogP contribution in [0.15, 0.2) is 10.5 Å². The topological polar surface area (TPSA) is 28.4 Å². The van der Waals surface area contributed by atoms with Crippen LogP contribution in [0.3, 0.4) is 0 Å². The zero-order chi connectivity index (χ0) is 13.7. The van der Waals surface area contributed by atoms with Crippen LogP contribution in [0.25, 0.3) is 0 Å². The molecule has 108 valence electrons. The lowest BCUT2D eigenvalue weighted by Gasteiger charge is -2.20. The van der Waals surface area contributed by atoms with Gasteiger partial charge in [0, 0.05) is 6.04 Å². The summed E-state index contributed by atoms with van der Waals surface area (Å²) in [6.45, 7) is 10.6. The number of unbranched alkanes of at least 4 members (excludes halogenated alkanes) is 1. The van der Waals surface area contributed by atoms with Gasteiger partial charge in [0.15, 0.2) is 0 Å². The minimum absolute atomic E-state index is 0.814. The highest BCUT2D eigenvalue weighted by Gasteiger charge is 2.29. The highest BCUT2D eigenvalue weighted by Crippen LogP contribution is 2.29. The number of furan rings is 1. The molecule has 2 rings (SSSR count). The lowest BCUT2D eigenvalue weighted by molar-refractivity contribution is 0.228. The van der Waals surface area contributed by atoms with Gasteiger partial charge in [-0.25, -0.2) is 0 Å². The smallest absolute Gasteiger partial charge is 0.120 e. The fourth-order valence-electron chi connectivity index (χ4n) is 2.47. The predicted octanol–water partition coefficient (Wildman–Crippen LogP) is 3.46. The van der Waals surface area contributed by atoms with Crippen LogP contribution in [0.4, 0.5) is 0 Å². The lowest BCUT2D eigenvalue weighted by Crippen LogP contribution is -2.26. The summed E-state index contributed by atoms with van der Waals surface area (Å²) < 4.78 is 6.00. The van der Waals surface area contributed by atoms with Crippen LogP contribution >= 0.6 is 0 Å². The Bertz CT molecular complexity index is 382. The van der Waals surface area contributed by atoms with E-state index in [0.29, 0.717) is 0 Å². The van der Waals surface area contributed by atoms with Crippen LogP contribution in [0.1, 0.15) is 56.6 Å². The summed E-state index contributed by atoms with van der Waals surface area (Å²) in [4.78, 5) is 2.60. The van der Waals surface area contributed by atoms with Gasteiger partial charge in [0.05, 0.1) is 13.1 Å². The Balaban J connectivity index is 1.92. The molecule has 19 heavy (non-hydrogen) atoms. The fraction of sp³-hybridized carbons (Fsp3) is 0.750. The molecule has 1 aromatic heterocycles. The zero-order valence-electron chi connectivity index (χ0n) is 12.7. The van der Waals surface area contributed by atoms with E-state index in [9.17, 15) is 0 Å². The van der Waals surface area contributed by atoms with Gasteiger partial charge in [-0.3, -0.25) is 4.90 Å². The van der Waals surface area contributed by atoms with Gasteiger partial charge in [0.25, 0.3) is 0 Å². The van der Waals surface area contributed by atoms with Gasteiger partial charge in [0.1, 0.15) is 11.5 Å². The Labute approximate surface area is 117 Å². The average molecular weight is 264 g/mol. The molecule has 1 aromatic rings. The Morgan fingerprint density at radius 3 is 2.79 bits per heavy atom. The standard InChI is InChI=1S/C16H28N2O/c1-4-6-9-18(14-7-8-14)12-15-10-13(3)16(19-15)11-17-5-2/h10,14,17H,4-9,11-12H2,1-3H3. The summed E-state index contributed by atoms with van der Waals surface area (Å²) in [6.07, 6.45) is 5.30. The van der Waals surface area contributed by atoms with Crippen LogP contribution in [-0.2, 0) is 13.1 Å². The van der Waals surface area contributed by atoms with Crippen molar-refractivity contribution in [1.29, 1.82) is 0 Å². The molecule has 0 aliphatic heterocycles. The van der Waals surface area contributed by atoms with Gasteiger partial charge in [0.2, 0.25) is 0 Å². The summed E-state index contributed by atoms with van der Waals surface area (Å²) in [5.41, 5.74) is 1.28. The van der Waals surface area contributed by atoms with Gasteiger partial charge in [-0.2, -0.15) is 0 Å². The van der Waals surface area contributed by atoms with Crippen molar-refractivity contribution in [3.63, 3.8) is 0 Å². The molecule has 1 aliphatic rings. The van der Waals surface area contributed by atoms with Crippen molar-refractivity contribution in [1.82, 2.24) is 10.2 Å².